The van der Waals surface area contributed by atoms with Gasteiger partial charge >= 0.3 is 5.97 Å². The van der Waals surface area contributed by atoms with Crippen molar-refractivity contribution in [1.29, 1.82) is 0 Å². The van der Waals surface area contributed by atoms with E-state index in [4.69, 9.17) is 0 Å². The van der Waals surface area contributed by atoms with Crippen LogP contribution in [0.4, 0.5) is 0 Å². The average Bonchev–Trinajstić information content (AvgIpc) is 2.84. The number of rotatable bonds is 4. The third kappa shape index (κ3) is 3.45. The molecule has 1 N–H and O–H groups in total. The highest BCUT2D eigenvalue weighted by Gasteiger charge is 2.44. The van der Waals surface area contributed by atoms with Crippen LogP contribution in [0.5, 0.6) is 0 Å². The lowest BCUT2D eigenvalue weighted by Crippen LogP contribution is -2.59. The van der Waals surface area contributed by atoms with E-state index in [1.165, 1.54) is 6.20 Å². The van der Waals surface area contributed by atoms with Gasteiger partial charge in [-0.1, -0.05) is 60.7 Å². The Morgan fingerprint density at radius 1 is 0.939 bits per heavy atom. The Balaban J connectivity index is 1.82. The molecule has 7 nitrogen and oxygen atoms in total. The lowest BCUT2D eigenvalue weighted by atomic mass is 9.86. The number of fused-ring (bicyclic) bond motifs is 2. The number of hydrazine groups is 1. The number of carboxylic acids is 1. The fourth-order valence-corrected chi connectivity index (χ4v) is 5.13. The van der Waals surface area contributed by atoms with Crippen LogP contribution in [-0.4, -0.2) is 44.7 Å². The minimum Gasteiger partial charge on any atom is -0.477 e. The SMILES string of the molecule is Cc1c2n(cc(C(=O)O)c1=O)C(C(c1ccccc1)c1ccccc1)N1CCCCN1C2=O. The van der Waals surface area contributed by atoms with E-state index < -0.39 is 17.6 Å². The summed E-state index contributed by atoms with van der Waals surface area (Å²) in [6, 6.07) is 20.0. The predicted molar refractivity (Wildman–Crippen MR) is 123 cm³/mol. The van der Waals surface area contributed by atoms with E-state index in [1.54, 1.807) is 16.5 Å². The molecular weight excluding hydrogens is 418 g/mol. The topological polar surface area (TPSA) is 82.8 Å². The lowest BCUT2D eigenvalue weighted by molar-refractivity contribution is -0.0985. The van der Waals surface area contributed by atoms with Crippen molar-refractivity contribution in [3.8, 4) is 0 Å². The highest BCUT2D eigenvalue weighted by atomic mass is 16.4. The monoisotopic (exact) mass is 443 g/mol. The van der Waals surface area contributed by atoms with Crippen molar-refractivity contribution in [3.05, 3.63) is 105 Å². The number of nitrogens with zero attached hydrogens (tertiary/aromatic N) is 3. The van der Waals surface area contributed by atoms with Gasteiger partial charge in [-0.05, 0) is 30.9 Å². The van der Waals surface area contributed by atoms with Gasteiger partial charge in [0.05, 0.1) is 0 Å². The normalized spacial score (nSPS) is 18.2. The molecule has 1 saturated heterocycles. The minimum atomic E-state index is -1.29. The zero-order valence-electron chi connectivity index (χ0n) is 18.3. The molecule has 1 amide bonds. The van der Waals surface area contributed by atoms with Gasteiger partial charge in [-0.15, -0.1) is 0 Å². The third-order valence-electron chi connectivity index (χ3n) is 6.66. The maximum atomic E-state index is 13.5. The van der Waals surface area contributed by atoms with E-state index in [-0.39, 0.29) is 28.6 Å². The van der Waals surface area contributed by atoms with E-state index >= 15 is 0 Å². The standard InChI is InChI=1S/C26H25N3O4/c1-17-22-25(31)29-15-9-8-14-28(29)24(27(22)16-20(23(17)30)26(32)33)21(18-10-4-2-5-11-18)19-12-6-3-7-13-19/h2-7,10-13,16,21,24H,8-9,14-15H2,1H3,(H,32,33). The molecule has 1 unspecified atom stereocenters. The van der Waals surface area contributed by atoms with Gasteiger partial charge in [0.2, 0.25) is 0 Å². The summed E-state index contributed by atoms with van der Waals surface area (Å²) in [5.41, 5.74) is 1.61. The molecule has 33 heavy (non-hydrogen) atoms. The van der Waals surface area contributed by atoms with E-state index in [2.05, 4.69) is 29.3 Å². The Morgan fingerprint density at radius 2 is 1.52 bits per heavy atom. The number of aromatic nitrogens is 1. The van der Waals surface area contributed by atoms with Crippen molar-refractivity contribution < 1.29 is 14.7 Å². The fourth-order valence-electron chi connectivity index (χ4n) is 5.13. The molecule has 0 radical (unpaired) electrons. The molecule has 0 bridgehead atoms. The Kier molecular flexibility index (Phi) is 5.34. The Bertz CT molecular complexity index is 1230. The molecule has 1 fully saturated rings. The molecule has 3 heterocycles. The molecule has 7 heteroatoms. The molecule has 3 aromatic rings. The first-order chi connectivity index (χ1) is 16.0. The molecule has 2 aliphatic heterocycles. The van der Waals surface area contributed by atoms with Gasteiger partial charge in [0.1, 0.15) is 17.4 Å². The van der Waals surface area contributed by atoms with Crippen molar-refractivity contribution in [2.75, 3.05) is 13.1 Å². The molecule has 168 valence electrons. The van der Waals surface area contributed by atoms with Crippen molar-refractivity contribution in [1.82, 2.24) is 14.6 Å². The van der Waals surface area contributed by atoms with Crippen molar-refractivity contribution in [2.24, 2.45) is 0 Å². The summed E-state index contributed by atoms with van der Waals surface area (Å²) < 4.78 is 1.73. The number of hydrogen-bond acceptors (Lipinski definition) is 4. The van der Waals surface area contributed by atoms with Gasteiger partial charge < -0.3 is 9.67 Å². The summed E-state index contributed by atoms with van der Waals surface area (Å²) in [7, 11) is 0. The Labute approximate surface area is 191 Å². The number of carboxylic acid groups (broad SMARTS) is 1. The Hall–Kier alpha value is -3.71. The summed E-state index contributed by atoms with van der Waals surface area (Å²) in [5.74, 6) is -1.73. The summed E-state index contributed by atoms with van der Waals surface area (Å²) in [6.45, 7) is 2.79. The fraction of sp³-hybridized carbons (Fsp3) is 0.269. The number of carbonyl (C=O) groups excluding carboxylic acids is 1. The Morgan fingerprint density at radius 3 is 2.09 bits per heavy atom. The van der Waals surface area contributed by atoms with E-state index in [1.807, 2.05) is 36.4 Å². The molecule has 2 aromatic carbocycles. The first-order valence-electron chi connectivity index (χ1n) is 11.2. The molecule has 1 atom stereocenters. The van der Waals surface area contributed by atoms with Crippen LogP contribution < -0.4 is 5.43 Å². The van der Waals surface area contributed by atoms with Crippen LogP contribution in [-0.2, 0) is 0 Å². The van der Waals surface area contributed by atoms with Gasteiger partial charge in [-0.3, -0.25) is 14.6 Å². The van der Waals surface area contributed by atoms with Crippen molar-refractivity contribution in [2.45, 2.75) is 31.8 Å². The molecule has 1 aromatic heterocycles. The van der Waals surface area contributed by atoms with Crippen LogP contribution in [0.1, 0.15) is 62.5 Å². The largest absolute Gasteiger partial charge is 0.477 e. The van der Waals surface area contributed by atoms with Crippen LogP contribution >= 0.6 is 0 Å². The number of carbonyl (C=O) groups is 2. The lowest BCUT2D eigenvalue weighted by Gasteiger charge is -2.51. The third-order valence-corrected chi connectivity index (χ3v) is 6.66. The second kappa shape index (κ2) is 8.33. The molecule has 0 aliphatic carbocycles. The molecule has 2 aliphatic rings. The van der Waals surface area contributed by atoms with Crippen molar-refractivity contribution >= 4 is 11.9 Å². The van der Waals surface area contributed by atoms with Crippen LogP contribution in [0.2, 0.25) is 0 Å². The van der Waals surface area contributed by atoms with Gasteiger partial charge in [-0.25, -0.2) is 4.79 Å². The second-order valence-electron chi connectivity index (χ2n) is 8.57. The second-order valence-corrected chi connectivity index (χ2v) is 8.57. The number of aromatic carboxylic acids is 1. The number of amides is 1. The van der Waals surface area contributed by atoms with Gasteiger partial charge in [0, 0.05) is 30.8 Å². The average molecular weight is 444 g/mol. The van der Waals surface area contributed by atoms with E-state index in [9.17, 15) is 19.5 Å². The van der Waals surface area contributed by atoms with E-state index in [0.29, 0.717) is 13.1 Å². The van der Waals surface area contributed by atoms with Gasteiger partial charge in [0.25, 0.3) is 5.91 Å². The molecular formula is C26H25N3O4. The van der Waals surface area contributed by atoms with Crippen molar-refractivity contribution in [3.63, 3.8) is 0 Å². The van der Waals surface area contributed by atoms with Crippen LogP contribution in [0.25, 0.3) is 0 Å². The maximum absolute atomic E-state index is 13.5. The highest BCUT2D eigenvalue weighted by molar-refractivity contribution is 5.96. The summed E-state index contributed by atoms with van der Waals surface area (Å²) in [5, 5.41) is 13.5. The first kappa shape index (κ1) is 21.2. The van der Waals surface area contributed by atoms with Crippen LogP contribution in [0, 0.1) is 6.92 Å². The predicted octanol–water partition coefficient (Wildman–Crippen LogP) is 3.65. The summed E-state index contributed by atoms with van der Waals surface area (Å²) >= 11 is 0. The van der Waals surface area contributed by atoms with Crippen LogP contribution in [0.15, 0.2) is 71.7 Å². The van der Waals surface area contributed by atoms with E-state index in [0.717, 1.165) is 24.0 Å². The molecule has 0 saturated carbocycles. The minimum absolute atomic E-state index is 0.176. The number of pyridine rings is 1. The quantitative estimate of drug-likeness (QED) is 0.666. The summed E-state index contributed by atoms with van der Waals surface area (Å²) in [4.78, 5) is 38.3. The van der Waals surface area contributed by atoms with Gasteiger partial charge in [0.15, 0.2) is 5.43 Å². The summed E-state index contributed by atoms with van der Waals surface area (Å²) in [6.07, 6.45) is 2.77. The zero-order chi connectivity index (χ0) is 23.1. The first-order valence-corrected chi connectivity index (χ1v) is 11.2. The maximum Gasteiger partial charge on any atom is 0.341 e. The zero-order valence-corrected chi connectivity index (χ0v) is 18.3. The number of hydrogen-bond donors (Lipinski definition) is 1. The highest BCUT2D eigenvalue weighted by Crippen LogP contribution is 2.42. The number of benzene rings is 2. The smallest absolute Gasteiger partial charge is 0.341 e. The van der Waals surface area contributed by atoms with Crippen LogP contribution in [0.3, 0.4) is 0 Å². The molecule has 5 rings (SSSR count). The molecule has 0 spiro atoms. The van der Waals surface area contributed by atoms with Gasteiger partial charge in [-0.2, -0.15) is 5.01 Å².